The Labute approximate surface area is 196 Å². The molecule has 0 radical (unpaired) electrons. The third-order valence-corrected chi connectivity index (χ3v) is 5.84. The standard InChI is InChI=1S/C28H32N4O/c29-28(30)24-10-4-8-22(20-24)9-5-19-32(21-23-6-2-1-3-7-23)25-11-13-26(14-12-25)33-27-15-17-31-18-16-27/h1-14,20,27,31H,15-19,21H2,(H3,29,30)/b9-5+. The minimum absolute atomic E-state index is 0.0859. The maximum absolute atomic E-state index is 7.65. The van der Waals surface area contributed by atoms with Crippen LogP contribution in [0.3, 0.4) is 0 Å². The van der Waals surface area contributed by atoms with Gasteiger partial charge in [-0.3, -0.25) is 5.41 Å². The third kappa shape index (κ3) is 6.70. The van der Waals surface area contributed by atoms with Gasteiger partial charge in [-0.05, 0) is 67.4 Å². The Bertz CT molecular complexity index is 1060. The number of benzene rings is 3. The highest BCUT2D eigenvalue weighted by Crippen LogP contribution is 2.23. The lowest BCUT2D eigenvalue weighted by Gasteiger charge is -2.26. The Morgan fingerprint density at radius 3 is 2.48 bits per heavy atom. The second-order valence-corrected chi connectivity index (χ2v) is 8.37. The highest BCUT2D eigenvalue weighted by Gasteiger charge is 2.14. The predicted molar refractivity (Wildman–Crippen MR) is 137 cm³/mol. The molecule has 3 aromatic carbocycles. The van der Waals surface area contributed by atoms with Crippen LogP contribution in [0.4, 0.5) is 5.69 Å². The number of rotatable bonds is 9. The van der Waals surface area contributed by atoms with Crippen LogP contribution in [0.1, 0.15) is 29.5 Å². The van der Waals surface area contributed by atoms with E-state index >= 15 is 0 Å². The van der Waals surface area contributed by atoms with E-state index in [0.29, 0.717) is 6.10 Å². The van der Waals surface area contributed by atoms with Gasteiger partial charge in [-0.2, -0.15) is 0 Å². The lowest BCUT2D eigenvalue weighted by atomic mass is 10.1. The zero-order chi connectivity index (χ0) is 22.9. The summed E-state index contributed by atoms with van der Waals surface area (Å²) in [6.45, 7) is 3.62. The van der Waals surface area contributed by atoms with Crippen molar-refractivity contribution in [3.63, 3.8) is 0 Å². The van der Waals surface area contributed by atoms with E-state index in [1.807, 2.05) is 30.3 Å². The smallest absolute Gasteiger partial charge is 0.122 e. The summed E-state index contributed by atoms with van der Waals surface area (Å²) in [7, 11) is 0. The van der Waals surface area contributed by atoms with Crippen LogP contribution in [-0.4, -0.2) is 31.6 Å². The molecule has 5 nitrogen and oxygen atoms in total. The number of ether oxygens (including phenoxy) is 1. The molecule has 170 valence electrons. The molecule has 4 rings (SSSR count). The van der Waals surface area contributed by atoms with E-state index in [4.69, 9.17) is 15.9 Å². The van der Waals surface area contributed by atoms with E-state index in [9.17, 15) is 0 Å². The minimum Gasteiger partial charge on any atom is -0.490 e. The number of nitrogens with two attached hydrogens (primary N) is 1. The average molecular weight is 441 g/mol. The first-order valence-electron chi connectivity index (χ1n) is 11.5. The summed E-state index contributed by atoms with van der Waals surface area (Å²) < 4.78 is 6.18. The highest BCUT2D eigenvalue weighted by atomic mass is 16.5. The van der Waals surface area contributed by atoms with E-state index in [0.717, 1.165) is 61.6 Å². The minimum atomic E-state index is 0.0859. The van der Waals surface area contributed by atoms with Crippen molar-refractivity contribution in [2.75, 3.05) is 24.5 Å². The molecule has 0 spiro atoms. The Hall–Kier alpha value is -3.57. The van der Waals surface area contributed by atoms with Gasteiger partial charge in [0.15, 0.2) is 0 Å². The summed E-state index contributed by atoms with van der Waals surface area (Å²) in [6.07, 6.45) is 6.64. The van der Waals surface area contributed by atoms with Crippen molar-refractivity contribution < 1.29 is 4.74 Å². The summed E-state index contributed by atoms with van der Waals surface area (Å²) in [5, 5.41) is 11.0. The molecule has 1 aliphatic heterocycles. The topological polar surface area (TPSA) is 74.4 Å². The fourth-order valence-electron chi connectivity index (χ4n) is 4.03. The van der Waals surface area contributed by atoms with Crippen LogP contribution in [0.5, 0.6) is 5.75 Å². The molecule has 33 heavy (non-hydrogen) atoms. The van der Waals surface area contributed by atoms with Gasteiger partial charge in [0, 0.05) is 24.3 Å². The van der Waals surface area contributed by atoms with E-state index in [2.05, 4.69) is 70.9 Å². The van der Waals surface area contributed by atoms with Crippen LogP contribution >= 0.6 is 0 Å². The molecule has 0 unspecified atom stereocenters. The van der Waals surface area contributed by atoms with Gasteiger partial charge in [-0.25, -0.2) is 0 Å². The van der Waals surface area contributed by atoms with Crippen LogP contribution in [0.25, 0.3) is 6.08 Å². The molecule has 0 saturated carbocycles. The predicted octanol–water partition coefficient (Wildman–Crippen LogP) is 4.82. The summed E-state index contributed by atoms with van der Waals surface area (Å²) in [6, 6.07) is 26.7. The second kappa shape index (κ2) is 11.3. The lowest BCUT2D eigenvalue weighted by Crippen LogP contribution is -2.34. The maximum atomic E-state index is 7.65. The molecule has 0 amide bonds. The molecular weight excluding hydrogens is 408 g/mol. The molecule has 4 N–H and O–H groups in total. The molecule has 1 aliphatic rings. The molecule has 1 fully saturated rings. The molecule has 1 saturated heterocycles. The first-order valence-corrected chi connectivity index (χ1v) is 11.5. The number of hydrogen-bond donors (Lipinski definition) is 3. The fourth-order valence-corrected chi connectivity index (χ4v) is 4.03. The Kier molecular flexibility index (Phi) is 7.77. The number of nitrogens with zero attached hydrogens (tertiary/aromatic N) is 1. The monoisotopic (exact) mass is 440 g/mol. The van der Waals surface area contributed by atoms with Crippen molar-refractivity contribution in [2.24, 2.45) is 5.73 Å². The molecule has 5 heteroatoms. The molecular formula is C28H32N4O. The Morgan fingerprint density at radius 1 is 1.00 bits per heavy atom. The highest BCUT2D eigenvalue weighted by molar-refractivity contribution is 5.95. The van der Waals surface area contributed by atoms with Crippen molar-refractivity contribution >= 4 is 17.6 Å². The number of amidine groups is 1. The van der Waals surface area contributed by atoms with Crippen LogP contribution in [-0.2, 0) is 6.54 Å². The molecule has 0 bridgehead atoms. The Balaban J connectivity index is 1.47. The van der Waals surface area contributed by atoms with E-state index < -0.39 is 0 Å². The summed E-state index contributed by atoms with van der Waals surface area (Å²) in [5.74, 6) is 1.02. The number of anilines is 1. The molecule has 3 aromatic rings. The fraction of sp³-hybridized carbons (Fsp3) is 0.250. The number of piperidine rings is 1. The van der Waals surface area contributed by atoms with Crippen molar-refractivity contribution in [1.29, 1.82) is 5.41 Å². The Morgan fingerprint density at radius 2 is 1.76 bits per heavy atom. The normalized spacial score (nSPS) is 14.3. The van der Waals surface area contributed by atoms with Crippen LogP contribution in [0, 0.1) is 5.41 Å². The third-order valence-electron chi connectivity index (χ3n) is 5.84. The van der Waals surface area contributed by atoms with Gasteiger partial charge in [0.2, 0.25) is 0 Å². The van der Waals surface area contributed by atoms with Gasteiger partial charge in [-0.1, -0.05) is 60.7 Å². The van der Waals surface area contributed by atoms with Crippen LogP contribution < -0.4 is 20.7 Å². The molecule has 0 aromatic heterocycles. The quantitative estimate of drug-likeness (QED) is 0.329. The number of nitrogens with one attached hydrogen (secondary N) is 2. The zero-order valence-electron chi connectivity index (χ0n) is 18.9. The van der Waals surface area contributed by atoms with Gasteiger partial charge in [0.1, 0.15) is 17.7 Å². The first kappa shape index (κ1) is 22.6. The van der Waals surface area contributed by atoms with Crippen molar-refractivity contribution in [2.45, 2.75) is 25.5 Å². The van der Waals surface area contributed by atoms with Crippen LogP contribution in [0.15, 0.2) is 84.9 Å². The van der Waals surface area contributed by atoms with Gasteiger partial charge < -0.3 is 20.7 Å². The molecule has 0 aliphatic carbocycles. The van der Waals surface area contributed by atoms with Gasteiger partial charge in [0.05, 0.1) is 0 Å². The summed E-state index contributed by atoms with van der Waals surface area (Å²) in [4.78, 5) is 2.34. The lowest BCUT2D eigenvalue weighted by molar-refractivity contribution is 0.162. The van der Waals surface area contributed by atoms with E-state index in [-0.39, 0.29) is 5.84 Å². The number of nitrogen functional groups attached to an aromatic ring is 1. The van der Waals surface area contributed by atoms with E-state index in [1.165, 1.54) is 5.56 Å². The molecule has 0 atom stereocenters. The van der Waals surface area contributed by atoms with Gasteiger partial charge >= 0.3 is 0 Å². The summed E-state index contributed by atoms with van der Waals surface area (Å²) in [5.41, 5.74) is 9.82. The SMILES string of the molecule is N=C(N)c1cccc(/C=C/CN(Cc2ccccc2)c2ccc(OC3CCNCC3)cc2)c1. The van der Waals surface area contributed by atoms with Crippen molar-refractivity contribution in [3.05, 3.63) is 102 Å². The second-order valence-electron chi connectivity index (χ2n) is 8.37. The zero-order valence-corrected chi connectivity index (χ0v) is 18.9. The largest absolute Gasteiger partial charge is 0.490 e. The molecule has 1 heterocycles. The van der Waals surface area contributed by atoms with Crippen LogP contribution in [0.2, 0.25) is 0 Å². The summed E-state index contributed by atoms with van der Waals surface area (Å²) >= 11 is 0. The maximum Gasteiger partial charge on any atom is 0.122 e. The van der Waals surface area contributed by atoms with Gasteiger partial charge in [-0.15, -0.1) is 0 Å². The first-order chi connectivity index (χ1) is 16.2. The number of hydrogen-bond acceptors (Lipinski definition) is 4. The van der Waals surface area contributed by atoms with Crippen molar-refractivity contribution in [1.82, 2.24) is 5.32 Å². The van der Waals surface area contributed by atoms with Gasteiger partial charge in [0.25, 0.3) is 0 Å². The van der Waals surface area contributed by atoms with Crippen molar-refractivity contribution in [3.8, 4) is 5.75 Å². The van der Waals surface area contributed by atoms with E-state index in [1.54, 1.807) is 0 Å². The average Bonchev–Trinajstić information content (AvgIpc) is 2.85.